The van der Waals surface area contributed by atoms with Gasteiger partial charge in [-0.25, -0.2) is 14.7 Å². The first-order chi connectivity index (χ1) is 17.2. The molecule has 1 unspecified atom stereocenters. The Morgan fingerprint density at radius 2 is 1.81 bits per heavy atom. The van der Waals surface area contributed by atoms with Crippen molar-refractivity contribution in [1.82, 2.24) is 25.4 Å². The summed E-state index contributed by atoms with van der Waals surface area (Å²) < 4.78 is 1.88. The highest BCUT2D eigenvalue weighted by molar-refractivity contribution is 6.07. The molecule has 0 aromatic carbocycles. The predicted molar refractivity (Wildman–Crippen MR) is 148 cm³/mol. The van der Waals surface area contributed by atoms with E-state index in [1.807, 2.05) is 23.7 Å². The van der Waals surface area contributed by atoms with Crippen LogP contribution in [0.25, 0.3) is 11.0 Å². The Hall–Kier alpha value is -2.87. The summed E-state index contributed by atoms with van der Waals surface area (Å²) in [5.74, 6) is -0.478. The normalized spacial score (nSPS) is 21.9. The van der Waals surface area contributed by atoms with Gasteiger partial charge in [0, 0.05) is 41.0 Å². The van der Waals surface area contributed by atoms with Crippen LogP contribution in [0.2, 0.25) is 0 Å². The van der Waals surface area contributed by atoms with Crippen molar-refractivity contribution in [3.63, 3.8) is 0 Å². The third-order valence-electron chi connectivity index (χ3n) is 7.42. The molecule has 0 radical (unpaired) electrons. The SMILES string of the molecule is CC1=NC(=O)C(CNC(=O)c2cc(C3CC(C)(C)NC(C)(C)C3)nc3c2cnn3C(C)C)C(C(C)C)=C1. The van der Waals surface area contributed by atoms with E-state index in [0.717, 1.165) is 35.1 Å². The topological polar surface area (TPSA) is 101 Å². The van der Waals surface area contributed by atoms with E-state index in [2.05, 4.69) is 76.1 Å². The van der Waals surface area contributed by atoms with Gasteiger partial charge in [0.25, 0.3) is 11.8 Å². The van der Waals surface area contributed by atoms with Crippen LogP contribution in [0.1, 0.15) is 103 Å². The first kappa shape index (κ1) is 27.2. The molecule has 0 saturated carbocycles. The Kier molecular flexibility index (Phi) is 7.18. The number of carbonyl (C=O) groups is 2. The standard InChI is InChI=1S/C29H42N6O2/c1-16(2)20-10-18(5)32-27(37)23(20)14-30-26(36)21-11-24(19-12-28(6,7)34-29(8,9)13-19)33-25-22(21)15-31-35(25)17(3)4/h10-11,15-17,19,23,34H,12-14H2,1-9H3,(H,30,36). The zero-order valence-electron chi connectivity index (χ0n) is 23.8. The molecule has 2 aromatic rings. The lowest BCUT2D eigenvalue weighted by atomic mass is 9.74. The zero-order chi connectivity index (χ0) is 27.3. The van der Waals surface area contributed by atoms with Gasteiger partial charge in [-0.15, -0.1) is 0 Å². The van der Waals surface area contributed by atoms with Crippen LogP contribution in [0.15, 0.2) is 28.9 Å². The average Bonchev–Trinajstić information content (AvgIpc) is 3.19. The van der Waals surface area contributed by atoms with Crippen molar-refractivity contribution in [3.05, 3.63) is 35.2 Å². The average molecular weight is 507 g/mol. The third-order valence-corrected chi connectivity index (χ3v) is 7.42. The summed E-state index contributed by atoms with van der Waals surface area (Å²) >= 11 is 0. The minimum atomic E-state index is -0.450. The van der Waals surface area contributed by atoms with Gasteiger partial charge in [-0.2, -0.15) is 5.10 Å². The number of carbonyl (C=O) groups excluding carboxylic acids is 2. The number of dihydropyridines is 1. The minimum absolute atomic E-state index is 0.0522. The van der Waals surface area contributed by atoms with Gasteiger partial charge in [-0.3, -0.25) is 9.59 Å². The molecule has 2 aliphatic rings. The Balaban J connectivity index is 1.70. The molecule has 2 N–H and O–H groups in total. The van der Waals surface area contributed by atoms with Gasteiger partial charge in [0.1, 0.15) is 0 Å². The second kappa shape index (κ2) is 9.78. The first-order valence-electron chi connectivity index (χ1n) is 13.4. The number of aromatic nitrogens is 3. The molecule has 0 aliphatic carbocycles. The van der Waals surface area contributed by atoms with Crippen LogP contribution in [0.5, 0.6) is 0 Å². The molecule has 37 heavy (non-hydrogen) atoms. The molecule has 1 atom stereocenters. The fourth-order valence-corrected chi connectivity index (χ4v) is 6.18. The predicted octanol–water partition coefficient (Wildman–Crippen LogP) is 4.97. The number of aliphatic imine (C=N–C) groups is 1. The number of pyridine rings is 1. The highest BCUT2D eigenvalue weighted by Crippen LogP contribution is 2.39. The maximum atomic E-state index is 13.7. The Morgan fingerprint density at radius 3 is 2.41 bits per heavy atom. The van der Waals surface area contributed by atoms with E-state index < -0.39 is 5.92 Å². The molecular weight excluding hydrogens is 464 g/mol. The van der Waals surface area contributed by atoms with Gasteiger partial charge < -0.3 is 10.6 Å². The van der Waals surface area contributed by atoms with Gasteiger partial charge >= 0.3 is 0 Å². The van der Waals surface area contributed by atoms with Crippen molar-refractivity contribution < 1.29 is 9.59 Å². The van der Waals surface area contributed by atoms with Gasteiger partial charge in [-0.1, -0.05) is 19.4 Å². The molecule has 8 nitrogen and oxygen atoms in total. The molecular formula is C29H42N6O2. The van der Waals surface area contributed by atoms with Crippen molar-refractivity contribution in [2.24, 2.45) is 16.8 Å². The number of hydrogen-bond donors (Lipinski definition) is 2. The van der Waals surface area contributed by atoms with Crippen LogP contribution in [0.4, 0.5) is 0 Å². The molecule has 8 heteroatoms. The molecule has 1 saturated heterocycles. The second-order valence-electron chi connectivity index (χ2n) is 12.7. The summed E-state index contributed by atoms with van der Waals surface area (Å²) in [6, 6.07) is 2.05. The number of fused-ring (bicyclic) bond motifs is 1. The number of nitrogens with one attached hydrogen (secondary N) is 2. The monoisotopic (exact) mass is 506 g/mol. The number of amides is 2. The van der Waals surface area contributed by atoms with E-state index in [0.29, 0.717) is 11.3 Å². The molecule has 0 bridgehead atoms. The summed E-state index contributed by atoms with van der Waals surface area (Å²) in [4.78, 5) is 35.6. The number of allylic oxidation sites excluding steroid dienone is 1. The van der Waals surface area contributed by atoms with Gasteiger partial charge in [0.15, 0.2) is 5.65 Å². The van der Waals surface area contributed by atoms with E-state index in [-0.39, 0.29) is 47.3 Å². The van der Waals surface area contributed by atoms with Crippen molar-refractivity contribution in [2.75, 3.05) is 6.54 Å². The molecule has 2 aromatic heterocycles. The maximum absolute atomic E-state index is 13.7. The summed E-state index contributed by atoms with van der Waals surface area (Å²) in [5.41, 5.74) is 3.81. The Labute approximate surface area is 220 Å². The fourth-order valence-electron chi connectivity index (χ4n) is 6.18. The van der Waals surface area contributed by atoms with Crippen molar-refractivity contribution in [1.29, 1.82) is 0 Å². The maximum Gasteiger partial charge on any atom is 0.254 e. The van der Waals surface area contributed by atoms with Crippen LogP contribution in [0, 0.1) is 11.8 Å². The quantitative estimate of drug-likeness (QED) is 0.576. The molecule has 1 fully saturated rings. The van der Waals surface area contributed by atoms with E-state index in [4.69, 9.17) is 4.98 Å². The lowest BCUT2D eigenvalue weighted by molar-refractivity contribution is -0.120. The highest BCUT2D eigenvalue weighted by atomic mass is 16.2. The Bertz CT molecular complexity index is 1260. The molecule has 200 valence electrons. The van der Waals surface area contributed by atoms with E-state index in [1.54, 1.807) is 6.20 Å². The molecule has 4 heterocycles. The van der Waals surface area contributed by atoms with Crippen LogP contribution < -0.4 is 10.6 Å². The lowest BCUT2D eigenvalue weighted by Gasteiger charge is -2.46. The lowest BCUT2D eigenvalue weighted by Crippen LogP contribution is -2.57. The molecule has 2 amide bonds. The van der Waals surface area contributed by atoms with Crippen molar-refractivity contribution in [3.8, 4) is 0 Å². The fraction of sp³-hybridized carbons (Fsp3) is 0.621. The highest BCUT2D eigenvalue weighted by Gasteiger charge is 2.39. The second-order valence-corrected chi connectivity index (χ2v) is 12.7. The van der Waals surface area contributed by atoms with Crippen molar-refractivity contribution in [2.45, 2.75) is 98.2 Å². The smallest absolute Gasteiger partial charge is 0.254 e. The number of hydrogen-bond acceptors (Lipinski definition) is 5. The zero-order valence-corrected chi connectivity index (χ0v) is 23.8. The van der Waals surface area contributed by atoms with Crippen LogP contribution in [-0.4, -0.2) is 49.9 Å². The van der Waals surface area contributed by atoms with E-state index in [1.165, 1.54) is 0 Å². The first-order valence-corrected chi connectivity index (χ1v) is 13.4. The van der Waals surface area contributed by atoms with E-state index >= 15 is 0 Å². The van der Waals surface area contributed by atoms with Gasteiger partial charge in [0.2, 0.25) is 0 Å². The van der Waals surface area contributed by atoms with Crippen LogP contribution in [-0.2, 0) is 4.79 Å². The largest absolute Gasteiger partial charge is 0.351 e. The Morgan fingerprint density at radius 1 is 1.16 bits per heavy atom. The number of piperidine rings is 1. The number of rotatable bonds is 6. The minimum Gasteiger partial charge on any atom is -0.351 e. The van der Waals surface area contributed by atoms with Crippen LogP contribution in [0.3, 0.4) is 0 Å². The summed E-state index contributed by atoms with van der Waals surface area (Å²) in [6.45, 7) is 19.2. The summed E-state index contributed by atoms with van der Waals surface area (Å²) in [7, 11) is 0. The summed E-state index contributed by atoms with van der Waals surface area (Å²) in [5, 5.41) is 12.1. The van der Waals surface area contributed by atoms with Crippen molar-refractivity contribution >= 4 is 28.6 Å². The van der Waals surface area contributed by atoms with Gasteiger partial charge in [-0.05, 0) is 79.4 Å². The summed E-state index contributed by atoms with van der Waals surface area (Å²) in [6.07, 6.45) is 5.54. The molecule has 0 spiro atoms. The number of nitrogens with zero attached hydrogens (tertiary/aromatic N) is 4. The molecule has 2 aliphatic heterocycles. The van der Waals surface area contributed by atoms with E-state index in [9.17, 15) is 9.59 Å². The van der Waals surface area contributed by atoms with Crippen LogP contribution >= 0.6 is 0 Å². The third kappa shape index (κ3) is 5.69. The van der Waals surface area contributed by atoms with Gasteiger partial charge in [0.05, 0.1) is 23.1 Å². The molecule has 4 rings (SSSR count).